The summed E-state index contributed by atoms with van der Waals surface area (Å²) in [6.07, 6.45) is -6.58. The van der Waals surface area contributed by atoms with E-state index >= 15 is 0 Å². The molecular formula is C36H34ClF3N4O8S2-2. The Kier molecular flexibility index (Phi) is 12.2. The fraction of sp³-hybridized carbons (Fsp3) is 0.250. The third-order valence-electron chi connectivity index (χ3n) is 8.02. The molecule has 4 aromatic carbocycles. The van der Waals surface area contributed by atoms with Gasteiger partial charge >= 0.3 is 6.18 Å². The lowest BCUT2D eigenvalue weighted by molar-refractivity contribution is -0.259. The van der Waals surface area contributed by atoms with E-state index in [9.17, 15) is 49.3 Å². The van der Waals surface area contributed by atoms with Crippen LogP contribution in [0.4, 0.5) is 18.0 Å². The lowest BCUT2D eigenvalue weighted by Crippen LogP contribution is -2.45. The van der Waals surface area contributed by atoms with Gasteiger partial charge in [0.2, 0.25) is 5.91 Å². The lowest BCUT2D eigenvalue weighted by atomic mass is 10.0. The molecule has 0 saturated heterocycles. The third kappa shape index (κ3) is 9.76. The Bertz CT molecular complexity index is 2400. The molecule has 0 radical (unpaired) electrons. The summed E-state index contributed by atoms with van der Waals surface area (Å²) in [5.74, 6) is -0.154. The maximum atomic E-state index is 13.6. The van der Waals surface area contributed by atoms with Crippen molar-refractivity contribution in [2.75, 3.05) is 6.54 Å². The van der Waals surface area contributed by atoms with Crippen LogP contribution in [0.1, 0.15) is 48.8 Å². The van der Waals surface area contributed by atoms with E-state index in [1.165, 1.54) is 31.2 Å². The number of aromatic nitrogens is 2. The van der Waals surface area contributed by atoms with Gasteiger partial charge in [-0.15, -0.1) is 0 Å². The maximum Gasteiger partial charge on any atom is 0.417 e. The number of aryl methyl sites for hydroxylation is 2. The highest BCUT2D eigenvalue weighted by molar-refractivity contribution is 7.89. The molecule has 0 unspecified atom stereocenters. The Hall–Kier alpha value is -4.97. The van der Waals surface area contributed by atoms with Crippen LogP contribution in [0, 0.1) is 13.8 Å². The summed E-state index contributed by atoms with van der Waals surface area (Å²) in [7, 11) is -8.64. The number of hydrogen-bond acceptors (Lipinski definition) is 9. The van der Waals surface area contributed by atoms with E-state index in [1.807, 2.05) is 6.92 Å². The molecule has 0 aliphatic heterocycles. The summed E-state index contributed by atoms with van der Waals surface area (Å²) in [6, 6.07) is 20.0. The minimum atomic E-state index is -4.71. The number of fused-ring (bicyclic) bond motifs is 1. The molecule has 0 spiro atoms. The summed E-state index contributed by atoms with van der Waals surface area (Å²) < 4.78 is 99.6. The number of rotatable bonds is 9. The normalized spacial score (nSPS) is 12.2. The molecule has 0 atom stereocenters. The van der Waals surface area contributed by atoms with Gasteiger partial charge in [0.15, 0.2) is 6.09 Å². The monoisotopic (exact) mass is 806 g/mol. The van der Waals surface area contributed by atoms with Crippen LogP contribution in [0.5, 0.6) is 0 Å². The molecule has 288 valence electrons. The predicted octanol–water partition coefficient (Wildman–Crippen LogP) is 5.85. The van der Waals surface area contributed by atoms with Crippen molar-refractivity contribution in [3.8, 4) is 5.69 Å². The Balaban J connectivity index is 0.000000506. The number of amides is 2. The SMILES string of the molecule is CC(=O)NC(C)(C)c1nc2cc(C(F)(F)F)c(Cl)cc2n1-c1ccc(CCN(C(=O)[O-])S(=O)(=O)c2ccc(C)cc2)cc1.Cc1ccc(S(=O)(=O)[O-])cc1. The first kappa shape index (κ1) is 41.8. The van der Waals surface area contributed by atoms with Gasteiger partial charge in [0.05, 0.1) is 36.9 Å². The molecular weight excluding hydrogens is 773 g/mol. The fourth-order valence-corrected chi connectivity index (χ4v) is 7.38. The van der Waals surface area contributed by atoms with Gasteiger partial charge in [0.1, 0.15) is 15.9 Å². The molecule has 0 aliphatic rings. The van der Waals surface area contributed by atoms with Crippen molar-refractivity contribution < 1.29 is 49.3 Å². The first-order valence-electron chi connectivity index (χ1n) is 15.9. The number of sulfonamides is 1. The molecule has 54 heavy (non-hydrogen) atoms. The van der Waals surface area contributed by atoms with Crippen molar-refractivity contribution in [3.05, 3.63) is 118 Å². The van der Waals surface area contributed by atoms with Gasteiger partial charge < -0.3 is 19.8 Å². The van der Waals surface area contributed by atoms with Crippen molar-refractivity contribution in [1.82, 2.24) is 19.2 Å². The van der Waals surface area contributed by atoms with Crippen molar-refractivity contribution in [3.63, 3.8) is 0 Å². The third-order valence-corrected chi connectivity index (χ3v) is 11.0. The van der Waals surface area contributed by atoms with E-state index in [-0.39, 0.29) is 43.3 Å². The zero-order valence-corrected chi connectivity index (χ0v) is 31.8. The molecule has 1 N–H and O–H groups in total. The highest BCUT2D eigenvalue weighted by Gasteiger charge is 2.36. The number of nitrogens with one attached hydrogen (secondary N) is 1. The van der Waals surface area contributed by atoms with Crippen LogP contribution in [0.2, 0.25) is 5.02 Å². The van der Waals surface area contributed by atoms with Crippen LogP contribution in [0.3, 0.4) is 0 Å². The number of halogens is 4. The summed E-state index contributed by atoms with van der Waals surface area (Å²) in [5.41, 5.74) is 0.843. The molecule has 12 nitrogen and oxygen atoms in total. The van der Waals surface area contributed by atoms with E-state index in [0.717, 1.165) is 23.3 Å². The van der Waals surface area contributed by atoms with Crippen LogP contribution in [0.15, 0.2) is 94.7 Å². The van der Waals surface area contributed by atoms with Gasteiger partial charge in [0.25, 0.3) is 10.0 Å². The Morgan fingerprint density at radius 1 is 0.870 bits per heavy atom. The van der Waals surface area contributed by atoms with E-state index < -0.39 is 55.1 Å². The van der Waals surface area contributed by atoms with E-state index in [1.54, 1.807) is 73.9 Å². The number of alkyl halides is 3. The fourth-order valence-electron chi connectivity index (χ4n) is 5.39. The second-order valence-corrected chi connectivity index (χ2v) is 16.4. The molecule has 2 amide bonds. The highest BCUT2D eigenvalue weighted by Crippen LogP contribution is 2.39. The Morgan fingerprint density at radius 2 is 1.39 bits per heavy atom. The summed E-state index contributed by atoms with van der Waals surface area (Å²) in [5, 5.41) is 14.0. The largest absolute Gasteiger partial charge is 0.744 e. The first-order chi connectivity index (χ1) is 24.9. The Labute approximate surface area is 315 Å². The number of nitrogens with zero attached hydrogens (tertiary/aromatic N) is 3. The van der Waals surface area contributed by atoms with Gasteiger partial charge in [-0.2, -0.15) is 13.2 Å². The number of carboxylic acid groups (broad SMARTS) is 1. The van der Waals surface area contributed by atoms with Gasteiger partial charge in [-0.05, 0) is 88.2 Å². The number of hydrogen-bond donors (Lipinski definition) is 1. The van der Waals surface area contributed by atoms with Crippen molar-refractivity contribution in [1.29, 1.82) is 0 Å². The topological polar surface area (TPSA) is 182 Å². The van der Waals surface area contributed by atoms with Gasteiger partial charge in [0, 0.05) is 19.2 Å². The van der Waals surface area contributed by atoms with E-state index in [4.69, 9.17) is 11.6 Å². The number of carbonyl (C=O) groups excluding carboxylic acids is 2. The first-order valence-corrected chi connectivity index (χ1v) is 19.1. The summed E-state index contributed by atoms with van der Waals surface area (Å²) in [6.45, 7) is 7.77. The molecule has 5 rings (SSSR count). The standard InChI is InChI=1S/C29H28ClF3N4O5S.C7H8O3S/c1-17-5-11-21(12-6-17)43(41,42)36(27(39)40)14-13-19-7-9-20(10-8-19)37-25-16-23(30)22(29(31,32)33)15-24(25)34-26(37)28(3,4)35-18(2)38;1-6-2-4-7(5-3-6)11(8,9)10/h5-12,15-16H,13-14H2,1-4H3,(H,35,38)(H,39,40);2-5H,1H3,(H,8,9,10)/p-2. The minimum absolute atomic E-state index is 0.000130. The van der Waals surface area contributed by atoms with Crippen LogP contribution < -0.4 is 10.4 Å². The minimum Gasteiger partial charge on any atom is -0.744 e. The molecule has 1 aromatic heterocycles. The molecule has 0 saturated carbocycles. The van der Waals surface area contributed by atoms with Crippen molar-refractivity contribution in [2.45, 2.75) is 62.5 Å². The quantitative estimate of drug-likeness (QED) is 0.179. The van der Waals surface area contributed by atoms with E-state index in [2.05, 4.69) is 10.3 Å². The lowest BCUT2D eigenvalue weighted by Gasteiger charge is -2.26. The average molecular weight is 807 g/mol. The van der Waals surface area contributed by atoms with E-state index in [0.29, 0.717) is 11.3 Å². The van der Waals surface area contributed by atoms with Gasteiger partial charge in [-0.25, -0.2) is 21.8 Å². The van der Waals surface area contributed by atoms with Crippen molar-refractivity contribution >= 4 is 54.8 Å². The molecule has 0 aliphatic carbocycles. The summed E-state index contributed by atoms with van der Waals surface area (Å²) >= 11 is 6.03. The molecule has 18 heteroatoms. The second-order valence-electron chi connectivity index (χ2n) is 12.7. The maximum absolute atomic E-state index is 13.6. The molecule has 1 heterocycles. The molecule has 0 fully saturated rings. The smallest absolute Gasteiger partial charge is 0.417 e. The van der Waals surface area contributed by atoms with Crippen LogP contribution in [-0.2, 0) is 43.1 Å². The predicted molar refractivity (Wildman–Crippen MR) is 191 cm³/mol. The van der Waals surface area contributed by atoms with Crippen LogP contribution in [0.25, 0.3) is 16.7 Å². The van der Waals surface area contributed by atoms with Crippen LogP contribution >= 0.6 is 11.6 Å². The summed E-state index contributed by atoms with van der Waals surface area (Å²) in [4.78, 5) is 27.8. The average Bonchev–Trinajstić information content (AvgIpc) is 3.43. The second kappa shape index (κ2) is 15.8. The van der Waals surface area contributed by atoms with Crippen LogP contribution in [-0.4, -0.2) is 53.8 Å². The molecule has 0 bridgehead atoms. The van der Waals surface area contributed by atoms with Gasteiger partial charge in [-0.1, -0.05) is 59.1 Å². The zero-order chi connectivity index (χ0) is 40.4. The highest BCUT2D eigenvalue weighted by atomic mass is 35.5. The molecule has 5 aromatic rings. The number of carbonyl (C=O) groups is 2. The van der Waals surface area contributed by atoms with Crippen molar-refractivity contribution in [2.24, 2.45) is 0 Å². The Morgan fingerprint density at radius 3 is 1.85 bits per heavy atom. The number of benzene rings is 4. The van der Waals surface area contributed by atoms with Gasteiger partial charge in [-0.3, -0.25) is 13.7 Å². The number of imidazole rings is 1. The zero-order valence-electron chi connectivity index (χ0n) is 29.4.